The topological polar surface area (TPSA) is 84.7 Å². The zero-order valence-electron chi connectivity index (χ0n) is 11.8. The Morgan fingerprint density at radius 1 is 1.60 bits per heavy atom. The van der Waals surface area contributed by atoms with E-state index in [0.717, 1.165) is 0 Å². The summed E-state index contributed by atoms with van der Waals surface area (Å²) in [6, 6.07) is -0.649. The molecule has 1 aromatic rings. The summed E-state index contributed by atoms with van der Waals surface area (Å²) in [5, 5.41) is 9.34. The number of morpholine rings is 1. The fraction of sp³-hybridized carbons (Fsp3) is 0.615. The number of aryl methyl sites for hydroxylation is 1. The highest BCUT2D eigenvalue weighted by molar-refractivity contribution is 5.82. The molecule has 0 aromatic carbocycles. The fourth-order valence-corrected chi connectivity index (χ4v) is 2.44. The maximum absolute atomic E-state index is 12.1. The van der Waals surface area contributed by atoms with Gasteiger partial charge in [-0.05, 0) is 5.92 Å². The molecular weight excluding hydrogens is 262 g/mol. The summed E-state index contributed by atoms with van der Waals surface area (Å²) in [5.74, 6) is -1.03. The first kappa shape index (κ1) is 14.5. The number of nitrogens with zero attached hydrogens (tertiary/aromatic N) is 3. The Balaban J connectivity index is 2.41. The Labute approximate surface area is 117 Å². The number of aromatic nitrogens is 2. The zero-order valence-corrected chi connectivity index (χ0v) is 11.8. The second kappa shape index (κ2) is 5.62. The molecule has 0 spiro atoms. The van der Waals surface area contributed by atoms with Crippen LogP contribution in [-0.2, 0) is 21.4 Å². The number of aliphatic carboxylic acids is 1. The Hall–Kier alpha value is -1.89. The SMILES string of the molecule is CC(C)CN1C(=O)COC(C(=O)O)C1c1cncn1C. The van der Waals surface area contributed by atoms with E-state index in [1.165, 1.54) is 0 Å². The monoisotopic (exact) mass is 281 g/mol. The van der Waals surface area contributed by atoms with Gasteiger partial charge in [-0.25, -0.2) is 9.78 Å². The molecule has 20 heavy (non-hydrogen) atoms. The third-order valence-corrected chi connectivity index (χ3v) is 3.29. The van der Waals surface area contributed by atoms with Gasteiger partial charge in [0.25, 0.3) is 0 Å². The van der Waals surface area contributed by atoms with E-state index < -0.39 is 18.1 Å². The molecule has 7 nitrogen and oxygen atoms in total. The van der Waals surface area contributed by atoms with Gasteiger partial charge in [0.1, 0.15) is 12.6 Å². The number of amides is 1. The second-order valence-electron chi connectivity index (χ2n) is 5.38. The number of rotatable bonds is 4. The number of imidazole rings is 1. The Morgan fingerprint density at radius 3 is 2.80 bits per heavy atom. The van der Waals surface area contributed by atoms with Crippen LogP contribution < -0.4 is 0 Å². The predicted molar refractivity (Wildman–Crippen MR) is 69.9 cm³/mol. The molecule has 1 fully saturated rings. The van der Waals surface area contributed by atoms with Crippen LogP contribution >= 0.6 is 0 Å². The van der Waals surface area contributed by atoms with E-state index in [4.69, 9.17) is 4.74 Å². The van der Waals surface area contributed by atoms with Crippen molar-refractivity contribution in [2.24, 2.45) is 13.0 Å². The standard InChI is InChI=1S/C13H19N3O4/c1-8(2)5-16-10(17)6-20-12(13(18)19)11(16)9-4-14-7-15(9)3/h4,7-8,11-12H,5-6H2,1-3H3,(H,18,19). The number of carbonyl (C=O) groups excluding carboxylic acids is 1. The molecule has 2 rings (SSSR count). The minimum Gasteiger partial charge on any atom is -0.479 e. The average Bonchev–Trinajstić information content (AvgIpc) is 2.77. The van der Waals surface area contributed by atoms with E-state index in [-0.39, 0.29) is 18.4 Å². The molecule has 0 bridgehead atoms. The number of carbonyl (C=O) groups is 2. The van der Waals surface area contributed by atoms with Crippen molar-refractivity contribution in [3.05, 3.63) is 18.2 Å². The number of carboxylic acid groups (broad SMARTS) is 1. The van der Waals surface area contributed by atoms with Crippen LogP contribution in [0.1, 0.15) is 25.6 Å². The van der Waals surface area contributed by atoms with Gasteiger partial charge in [0.05, 0.1) is 18.2 Å². The number of ether oxygens (including phenoxy) is 1. The largest absolute Gasteiger partial charge is 0.479 e. The highest BCUT2D eigenvalue weighted by atomic mass is 16.5. The van der Waals surface area contributed by atoms with Crippen LogP contribution in [0, 0.1) is 5.92 Å². The van der Waals surface area contributed by atoms with Crippen LogP contribution in [0.25, 0.3) is 0 Å². The summed E-state index contributed by atoms with van der Waals surface area (Å²) < 4.78 is 6.94. The van der Waals surface area contributed by atoms with Gasteiger partial charge in [-0.2, -0.15) is 0 Å². The van der Waals surface area contributed by atoms with Gasteiger partial charge < -0.3 is 19.3 Å². The number of hydrogen-bond acceptors (Lipinski definition) is 4. The minimum absolute atomic E-state index is 0.192. The fourth-order valence-electron chi connectivity index (χ4n) is 2.44. The lowest BCUT2D eigenvalue weighted by molar-refractivity contribution is -0.174. The lowest BCUT2D eigenvalue weighted by Crippen LogP contribution is -2.53. The van der Waals surface area contributed by atoms with Crippen molar-refractivity contribution in [1.29, 1.82) is 0 Å². The lowest BCUT2D eigenvalue weighted by atomic mass is 10.0. The normalized spacial score (nSPS) is 23.4. The van der Waals surface area contributed by atoms with Crippen LogP contribution in [0.2, 0.25) is 0 Å². The van der Waals surface area contributed by atoms with Crippen molar-refractivity contribution in [3.8, 4) is 0 Å². The molecule has 1 saturated heterocycles. The molecular formula is C13H19N3O4. The van der Waals surface area contributed by atoms with Crippen molar-refractivity contribution < 1.29 is 19.4 Å². The van der Waals surface area contributed by atoms with Gasteiger partial charge in [-0.1, -0.05) is 13.8 Å². The molecule has 7 heteroatoms. The van der Waals surface area contributed by atoms with Crippen LogP contribution in [0.15, 0.2) is 12.5 Å². The van der Waals surface area contributed by atoms with Gasteiger partial charge in [-0.3, -0.25) is 4.79 Å². The minimum atomic E-state index is -1.07. The van der Waals surface area contributed by atoms with Crippen molar-refractivity contribution in [2.45, 2.75) is 26.0 Å². The molecule has 0 aliphatic carbocycles. The van der Waals surface area contributed by atoms with Crippen molar-refractivity contribution in [1.82, 2.24) is 14.5 Å². The maximum atomic E-state index is 12.1. The van der Waals surface area contributed by atoms with E-state index >= 15 is 0 Å². The van der Waals surface area contributed by atoms with E-state index in [9.17, 15) is 14.7 Å². The smallest absolute Gasteiger partial charge is 0.335 e. The Kier molecular flexibility index (Phi) is 4.08. The first-order valence-corrected chi connectivity index (χ1v) is 6.52. The van der Waals surface area contributed by atoms with E-state index in [1.54, 1.807) is 29.0 Å². The maximum Gasteiger partial charge on any atom is 0.335 e. The molecule has 1 aromatic heterocycles. The lowest BCUT2D eigenvalue weighted by Gasteiger charge is -2.40. The van der Waals surface area contributed by atoms with E-state index in [2.05, 4.69) is 4.98 Å². The molecule has 1 N–H and O–H groups in total. The van der Waals surface area contributed by atoms with E-state index in [1.807, 2.05) is 13.8 Å². The van der Waals surface area contributed by atoms with E-state index in [0.29, 0.717) is 12.2 Å². The molecule has 110 valence electrons. The summed E-state index contributed by atoms with van der Waals surface area (Å²) in [4.78, 5) is 29.1. The van der Waals surface area contributed by atoms with Gasteiger partial charge in [0.15, 0.2) is 6.10 Å². The Bertz CT molecular complexity index is 511. The van der Waals surface area contributed by atoms with Gasteiger partial charge in [0, 0.05) is 13.6 Å². The molecule has 2 heterocycles. The van der Waals surface area contributed by atoms with Gasteiger partial charge in [0.2, 0.25) is 5.91 Å². The molecule has 1 aliphatic rings. The molecule has 1 amide bonds. The summed E-state index contributed by atoms with van der Waals surface area (Å²) in [5.41, 5.74) is 0.658. The first-order chi connectivity index (χ1) is 9.41. The van der Waals surface area contributed by atoms with Gasteiger partial charge in [-0.15, -0.1) is 0 Å². The first-order valence-electron chi connectivity index (χ1n) is 6.52. The Morgan fingerprint density at radius 2 is 2.30 bits per heavy atom. The summed E-state index contributed by atoms with van der Waals surface area (Å²) >= 11 is 0. The van der Waals surface area contributed by atoms with Crippen molar-refractivity contribution >= 4 is 11.9 Å². The van der Waals surface area contributed by atoms with Crippen LogP contribution in [0.3, 0.4) is 0 Å². The van der Waals surface area contributed by atoms with Crippen molar-refractivity contribution in [3.63, 3.8) is 0 Å². The number of hydrogen-bond donors (Lipinski definition) is 1. The number of carboxylic acids is 1. The quantitative estimate of drug-likeness (QED) is 0.865. The highest BCUT2D eigenvalue weighted by Gasteiger charge is 2.43. The summed E-state index contributed by atoms with van der Waals surface area (Å²) in [7, 11) is 1.77. The van der Waals surface area contributed by atoms with Crippen LogP contribution in [-0.4, -0.2) is 50.7 Å². The predicted octanol–water partition coefficient (Wildman–Crippen LogP) is 0.429. The van der Waals surface area contributed by atoms with Gasteiger partial charge >= 0.3 is 5.97 Å². The summed E-state index contributed by atoms with van der Waals surface area (Å²) in [6.45, 7) is 4.26. The zero-order chi connectivity index (χ0) is 14.9. The average molecular weight is 281 g/mol. The van der Waals surface area contributed by atoms with Crippen molar-refractivity contribution in [2.75, 3.05) is 13.2 Å². The molecule has 2 unspecified atom stereocenters. The van der Waals surface area contributed by atoms with Crippen LogP contribution in [0.4, 0.5) is 0 Å². The molecule has 1 aliphatic heterocycles. The third kappa shape index (κ3) is 2.67. The highest BCUT2D eigenvalue weighted by Crippen LogP contribution is 2.30. The molecule has 0 saturated carbocycles. The van der Waals surface area contributed by atoms with Crippen LogP contribution in [0.5, 0.6) is 0 Å². The second-order valence-corrected chi connectivity index (χ2v) is 5.38. The third-order valence-electron chi connectivity index (χ3n) is 3.29. The molecule has 0 radical (unpaired) electrons. The summed E-state index contributed by atoms with van der Waals surface area (Å²) in [6.07, 6.45) is 2.10. The molecule has 2 atom stereocenters.